The highest BCUT2D eigenvalue weighted by Gasteiger charge is 2.20. The van der Waals surface area contributed by atoms with E-state index in [0.29, 0.717) is 11.8 Å². The summed E-state index contributed by atoms with van der Waals surface area (Å²) in [5.41, 5.74) is 0.0480. The summed E-state index contributed by atoms with van der Waals surface area (Å²) in [6, 6.07) is 1.74. The van der Waals surface area contributed by atoms with Gasteiger partial charge in [0.1, 0.15) is 0 Å². The van der Waals surface area contributed by atoms with Gasteiger partial charge in [-0.15, -0.1) is 0 Å². The molecule has 1 rings (SSSR count). The molecule has 84 valence electrons. The number of ether oxygens (including phenoxy) is 1. The van der Waals surface area contributed by atoms with E-state index < -0.39 is 0 Å². The molecule has 1 N–H and O–H groups in total. The van der Waals surface area contributed by atoms with Gasteiger partial charge >= 0.3 is 0 Å². The fourth-order valence-corrected chi connectivity index (χ4v) is 1.21. The van der Waals surface area contributed by atoms with Crippen LogP contribution in [0.3, 0.4) is 0 Å². The summed E-state index contributed by atoms with van der Waals surface area (Å²) >= 11 is 0. The fourth-order valence-electron chi connectivity index (χ4n) is 1.21. The summed E-state index contributed by atoms with van der Waals surface area (Å²) in [7, 11) is 1.60. The molecule has 0 unspecified atom stereocenters. The van der Waals surface area contributed by atoms with E-state index in [1.165, 1.54) is 0 Å². The summed E-state index contributed by atoms with van der Waals surface area (Å²) in [5, 5.41) is 3.33. The minimum atomic E-state index is 0.0480. The van der Waals surface area contributed by atoms with E-state index in [1.807, 2.05) is 0 Å². The van der Waals surface area contributed by atoms with Crippen LogP contribution in [0.25, 0.3) is 0 Å². The van der Waals surface area contributed by atoms with Crippen LogP contribution in [-0.2, 0) is 0 Å². The van der Waals surface area contributed by atoms with E-state index in [2.05, 4.69) is 36.1 Å². The van der Waals surface area contributed by atoms with Crippen molar-refractivity contribution in [2.75, 3.05) is 12.4 Å². The zero-order valence-corrected chi connectivity index (χ0v) is 9.87. The maximum absolute atomic E-state index is 5.05. The van der Waals surface area contributed by atoms with Gasteiger partial charge in [-0.25, -0.2) is 4.98 Å². The van der Waals surface area contributed by atoms with Crippen LogP contribution in [0.1, 0.15) is 33.6 Å². The van der Waals surface area contributed by atoms with E-state index in [4.69, 9.17) is 4.74 Å². The normalized spacial score (nSPS) is 11.2. The van der Waals surface area contributed by atoms with E-state index >= 15 is 0 Å². The second kappa shape index (κ2) is 4.96. The molecule has 1 aromatic rings. The molecular formula is C11H19N3O. The monoisotopic (exact) mass is 209 g/mol. The number of anilines is 1. The van der Waals surface area contributed by atoms with Crippen LogP contribution in [-0.4, -0.2) is 22.6 Å². The molecule has 4 nitrogen and oxygen atoms in total. The van der Waals surface area contributed by atoms with Crippen molar-refractivity contribution in [2.45, 2.75) is 39.2 Å². The average molecular weight is 209 g/mol. The summed E-state index contributed by atoms with van der Waals surface area (Å²) in [6.07, 6.45) is 3.76. The fraction of sp³-hybridized carbons (Fsp3) is 0.636. The molecule has 1 aromatic heterocycles. The van der Waals surface area contributed by atoms with Crippen LogP contribution >= 0.6 is 0 Å². The van der Waals surface area contributed by atoms with Crippen molar-refractivity contribution in [3.63, 3.8) is 0 Å². The summed E-state index contributed by atoms with van der Waals surface area (Å²) < 4.78 is 5.05. The Kier molecular flexibility index (Phi) is 3.88. The summed E-state index contributed by atoms with van der Waals surface area (Å²) in [6.45, 7) is 6.46. The molecule has 0 spiro atoms. The highest BCUT2D eigenvalue weighted by molar-refractivity contribution is 5.30. The van der Waals surface area contributed by atoms with Gasteiger partial charge in [0.2, 0.25) is 11.8 Å². The Balaban J connectivity index is 2.79. The summed E-state index contributed by atoms with van der Waals surface area (Å²) in [5.74, 6) is 1.21. The van der Waals surface area contributed by atoms with Gasteiger partial charge in [0.25, 0.3) is 0 Å². The van der Waals surface area contributed by atoms with Gasteiger partial charge in [-0.05, 0) is 19.8 Å². The molecule has 0 amide bonds. The lowest BCUT2D eigenvalue weighted by atomic mass is 9.96. The third-order valence-electron chi connectivity index (χ3n) is 2.81. The number of hydrogen-bond acceptors (Lipinski definition) is 4. The molecule has 0 radical (unpaired) electrons. The second-order valence-corrected chi connectivity index (χ2v) is 3.82. The lowest BCUT2D eigenvalue weighted by Crippen LogP contribution is -2.33. The first-order valence-corrected chi connectivity index (χ1v) is 5.28. The van der Waals surface area contributed by atoms with Crippen LogP contribution in [0.15, 0.2) is 12.3 Å². The average Bonchev–Trinajstić information content (AvgIpc) is 2.29. The van der Waals surface area contributed by atoms with Crippen molar-refractivity contribution in [3.8, 4) is 5.88 Å². The molecular weight excluding hydrogens is 190 g/mol. The summed E-state index contributed by atoms with van der Waals surface area (Å²) in [4.78, 5) is 8.39. The maximum Gasteiger partial charge on any atom is 0.226 e. The lowest BCUT2D eigenvalue weighted by molar-refractivity contribution is 0.396. The zero-order chi connectivity index (χ0) is 11.3. The molecule has 0 fully saturated rings. The predicted octanol–water partition coefficient (Wildman–Crippen LogP) is 2.48. The predicted molar refractivity (Wildman–Crippen MR) is 61.2 cm³/mol. The molecule has 0 bridgehead atoms. The third-order valence-corrected chi connectivity index (χ3v) is 2.81. The first kappa shape index (κ1) is 11.8. The van der Waals surface area contributed by atoms with Crippen LogP contribution in [0, 0.1) is 0 Å². The third kappa shape index (κ3) is 3.08. The number of nitrogens with one attached hydrogen (secondary N) is 1. The van der Waals surface area contributed by atoms with E-state index in [9.17, 15) is 0 Å². The first-order chi connectivity index (χ1) is 7.13. The Morgan fingerprint density at radius 2 is 2.07 bits per heavy atom. The molecule has 0 saturated carbocycles. The maximum atomic E-state index is 5.05. The van der Waals surface area contributed by atoms with Gasteiger partial charge in [-0.1, -0.05) is 13.8 Å². The Morgan fingerprint density at radius 3 is 2.60 bits per heavy atom. The van der Waals surface area contributed by atoms with E-state index in [0.717, 1.165) is 12.8 Å². The minimum Gasteiger partial charge on any atom is -0.481 e. The van der Waals surface area contributed by atoms with Crippen molar-refractivity contribution in [1.82, 2.24) is 9.97 Å². The van der Waals surface area contributed by atoms with Crippen molar-refractivity contribution in [2.24, 2.45) is 0 Å². The van der Waals surface area contributed by atoms with Crippen LogP contribution < -0.4 is 10.1 Å². The van der Waals surface area contributed by atoms with Gasteiger partial charge in [-0.3, -0.25) is 0 Å². The number of rotatable bonds is 5. The van der Waals surface area contributed by atoms with Crippen molar-refractivity contribution < 1.29 is 4.74 Å². The SMILES string of the molecule is CCC(C)(CC)Nc1nccc(OC)n1. The van der Waals surface area contributed by atoms with E-state index in [1.54, 1.807) is 19.4 Å². The van der Waals surface area contributed by atoms with Crippen LogP contribution in [0.4, 0.5) is 5.95 Å². The molecule has 0 saturated heterocycles. The molecule has 0 atom stereocenters. The number of aromatic nitrogens is 2. The van der Waals surface area contributed by atoms with Gasteiger partial charge < -0.3 is 10.1 Å². The molecule has 1 heterocycles. The van der Waals surface area contributed by atoms with Crippen LogP contribution in [0.5, 0.6) is 5.88 Å². The zero-order valence-electron chi connectivity index (χ0n) is 9.87. The Bertz CT molecular complexity index is 310. The van der Waals surface area contributed by atoms with Crippen molar-refractivity contribution in [1.29, 1.82) is 0 Å². The molecule has 0 aliphatic rings. The quantitative estimate of drug-likeness (QED) is 0.809. The largest absolute Gasteiger partial charge is 0.481 e. The lowest BCUT2D eigenvalue weighted by Gasteiger charge is -2.28. The molecule has 15 heavy (non-hydrogen) atoms. The van der Waals surface area contributed by atoms with Gasteiger partial charge in [0, 0.05) is 17.8 Å². The molecule has 0 aliphatic carbocycles. The van der Waals surface area contributed by atoms with Gasteiger partial charge in [0.05, 0.1) is 7.11 Å². The first-order valence-electron chi connectivity index (χ1n) is 5.28. The van der Waals surface area contributed by atoms with Gasteiger partial charge in [-0.2, -0.15) is 4.98 Å². The van der Waals surface area contributed by atoms with Gasteiger partial charge in [0.15, 0.2) is 0 Å². The smallest absolute Gasteiger partial charge is 0.226 e. The number of hydrogen-bond donors (Lipinski definition) is 1. The topological polar surface area (TPSA) is 47.0 Å². The molecule has 0 aliphatic heterocycles. The number of methoxy groups -OCH3 is 1. The van der Waals surface area contributed by atoms with E-state index in [-0.39, 0.29) is 5.54 Å². The molecule has 4 heteroatoms. The highest BCUT2D eigenvalue weighted by atomic mass is 16.5. The second-order valence-electron chi connectivity index (χ2n) is 3.82. The highest BCUT2D eigenvalue weighted by Crippen LogP contribution is 2.19. The Labute approximate surface area is 91.1 Å². The number of nitrogens with zero attached hydrogens (tertiary/aromatic N) is 2. The van der Waals surface area contributed by atoms with Crippen LogP contribution in [0.2, 0.25) is 0 Å². The Morgan fingerprint density at radius 1 is 1.40 bits per heavy atom. The minimum absolute atomic E-state index is 0.0480. The van der Waals surface area contributed by atoms with Crippen molar-refractivity contribution in [3.05, 3.63) is 12.3 Å². The Hall–Kier alpha value is -1.32. The molecule has 0 aromatic carbocycles. The standard InChI is InChI=1S/C11H19N3O/c1-5-11(3,6-2)14-10-12-8-7-9(13-10)15-4/h7-8H,5-6H2,1-4H3,(H,12,13,14). The van der Waals surface area contributed by atoms with Crippen molar-refractivity contribution >= 4 is 5.95 Å².